The van der Waals surface area contributed by atoms with Crippen molar-refractivity contribution in [2.24, 2.45) is 0 Å². The molecule has 3 aromatic rings. The second kappa shape index (κ2) is 5.96. The summed E-state index contributed by atoms with van der Waals surface area (Å²) in [7, 11) is 0. The summed E-state index contributed by atoms with van der Waals surface area (Å²) in [5, 5.41) is 3.38. The molecule has 1 amide bonds. The molecular formula is C18H20N4O2. The van der Waals surface area contributed by atoms with E-state index in [0.717, 1.165) is 16.9 Å². The number of benzene rings is 1. The lowest BCUT2D eigenvalue weighted by molar-refractivity contribution is -0.118. The van der Waals surface area contributed by atoms with Crippen LogP contribution in [-0.2, 0) is 4.79 Å². The van der Waals surface area contributed by atoms with Gasteiger partial charge < -0.3 is 10.3 Å². The highest BCUT2D eigenvalue weighted by Gasteiger charge is 2.21. The third kappa shape index (κ3) is 2.71. The Morgan fingerprint density at radius 1 is 1.25 bits per heavy atom. The molecule has 0 spiro atoms. The largest absolute Gasteiger partial charge is 0.343 e. The Morgan fingerprint density at radius 2 is 1.96 bits per heavy atom. The van der Waals surface area contributed by atoms with Crippen molar-refractivity contribution in [2.75, 3.05) is 5.32 Å². The average Bonchev–Trinajstić information content (AvgIpc) is 2.90. The number of rotatable bonds is 3. The van der Waals surface area contributed by atoms with Crippen LogP contribution in [0.5, 0.6) is 0 Å². The lowest BCUT2D eigenvalue weighted by Gasteiger charge is -2.18. The Kier molecular flexibility index (Phi) is 3.97. The average molecular weight is 324 g/mol. The highest BCUT2D eigenvalue weighted by molar-refractivity contribution is 5.94. The number of fused-ring (bicyclic) bond motifs is 1. The molecule has 2 N–H and O–H groups in total. The maximum Gasteiger partial charge on any atom is 0.263 e. The van der Waals surface area contributed by atoms with Crippen molar-refractivity contribution in [3.05, 3.63) is 57.8 Å². The first kappa shape index (κ1) is 16.0. The molecule has 1 atom stereocenters. The zero-order valence-electron chi connectivity index (χ0n) is 14.2. The van der Waals surface area contributed by atoms with Crippen LogP contribution in [0.2, 0.25) is 0 Å². The fourth-order valence-corrected chi connectivity index (χ4v) is 2.84. The predicted molar refractivity (Wildman–Crippen MR) is 94.3 cm³/mol. The number of para-hydroxylation sites is 1. The standard InChI is InChI=1S/C18H20N4O2/c1-10-7-5-6-8-15(10)21-17(23)12(3)22-13(4)20-16-14(18(22)24)9-11(2)19-16/h5-9,12,19H,1-4H3,(H,21,23). The van der Waals surface area contributed by atoms with Crippen molar-refractivity contribution in [1.82, 2.24) is 14.5 Å². The van der Waals surface area contributed by atoms with Crippen molar-refractivity contribution >= 4 is 22.6 Å². The summed E-state index contributed by atoms with van der Waals surface area (Å²) in [6.45, 7) is 7.23. The van der Waals surface area contributed by atoms with Gasteiger partial charge in [-0.15, -0.1) is 0 Å². The zero-order valence-corrected chi connectivity index (χ0v) is 14.2. The fourth-order valence-electron chi connectivity index (χ4n) is 2.84. The predicted octanol–water partition coefficient (Wildman–Crippen LogP) is 2.85. The van der Waals surface area contributed by atoms with Crippen molar-refractivity contribution in [3.63, 3.8) is 0 Å². The van der Waals surface area contributed by atoms with Crippen LogP contribution in [0.25, 0.3) is 11.0 Å². The second-order valence-corrected chi connectivity index (χ2v) is 6.03. The number of carbonyl (C=O) groups excluding carboxylic acids is 1. The van der Waals surface area contributed by atoms with Gasteiger partial charge in [0.2, 0.25) is 5.91 Å². The quantitative estimate of drug-likeness (QED) is 0.777. The Bertz CT molecular complexity index is 984. The zero-order chi connectivity index (χ0) is 17.4. The van der Waals surface area contributed by atoms with E-state index < -0.39 is 6.04 Å². The first-order valence-corrected chi connectivity index (χ1v) is 7.83. The summed E-state index contributed by atoms with van der Waals surface area (Å²) < 4.78 is 1.43. The number of hydrogen-bond donors (Lipinski definition) is 2. The monoisotopic (exact) mass is 324 g/mol. The van der Waals surface area contributed by atoms with E-state index >= 15 is 0 Å². The van der Waals surface area contributed by atoms with Crippen LogP contribution in [0, 0.1) is 20.8 Å². The maximum atomic E-state index is 12.8. The number of aromatic nitrogens is 3. The number of aromatic amines is 1. The van der Waals surface area contributed by atoms with Crippen LogP contribution in [0.15, 0.2) is 35.1 Å². The molecule has 0 bridgehead atoms. The van der Waals surface area contributed by atoms with E-state index in [1.807, 2.05) is 38.1 Å². The molecule has 0 aliphatic rings. The van der Waals surface area contributed by atoms with Crippen LogP contribution in [0.1, 0.15) is 30.0 Å². The first-order chi connectivity index (χ1) is 11.4. The van der Waals surface area contributed by atoms with Crippen LogP contribution in [0.3, 0.4) is 0 Å². The third-order valence-corrected chi connectivity index (χ3v) is 4.17. The van der Waals surface area contributed by atoms with Gasteiger partial charge in [0.25, 0.3) is 5.56 Å². The van der Waals surface area contributed by atoms with Gasteiger partial charge in [0.05, 0.1) is 5.39 Å². The summed E-state index contributed by atoms with van der Waals surface area (Å²) in [5.74, 6) is 0.254. The molecule has 24 heavy (non-hydrogen) atoms. The van der Waals surface area contributed by atoms with Crippen molar-refractivity contribution in [1.29, 1.82) is 0 Å². The van der Waals surface area contributed by atoms with Crippen LogP contribution >= 0.6 is 0 Å². The van der Waals surface area contributed by atoms with E-state index in [1.165, 1.54) is 4.57 Å². The lowest BCUT2D eigenvalue weighted by Crippen LogP contribution is -2.33. The highest BCUT2D eigenvalue weighted by atomic mass is 16.2. The Balaban J connectivity index is 1.99. The molecule has 0 saturated heterocycles. The maximum absolute atomic E-state index is 12.8. The van der Waals surface area contributed by atoms with Crippen molar-refractivity contribution < 1.29 is 4.79 Å². The van der Waals surface area contributed by atoms with Crippen LogP contribution in [-0.4, -0.2) is 20.4 Å². The van der Waals surface area contributed by atoms with Crippen molar-refractivity contribution in [3.8, 4) is 0 Å². The first-order valence-electron chi connectivity index (χ1n) is 7.83. The molecular weight excluding hydrogens is 304 g/mol. The molecule has 124 valence electrons. The van der Waals surface area contributed by atoms with E-state index in [1.54, 1.807) is 19.9 Å². The summed E-state index contributed by atoms with van der Waals surface area (Å²) in [5.41, 5.74) is 2.92. The minimum Gasteiger partial charge on any atom is -0.343 e. The van der Waals surface area contributed by atoms with Crippen LogP contribution < -0.4 is 10.9 Å². The molecule has 3 rings (SSSR count). The number of carbonyl (C=O) groups is 1. The van der Waals surface area contributed by atoms with Gasteiger partial charge in [-0.1, -0.05) is 18.2 Å². The fraction of sp³-hybridized carbons (Fsp3) is 0.278. The molecule has 0 saturated carbocycles. The SMILES string of the molecule is Cc1cc2c(=O)n(C(C)C(=O)Nc3ccccc3C)c(C)nc2[nH]1. The van der Waals surface area contributed by atoms with Gasteiger partial charge in [-0.3, -0.25) is 14.2 Å². The summed E-state index contributed by atoms with van der Waals surface area (Å²) >= 11 is 0. The Labute approximate surface area is 139 Å². The molecule has 1 unspecified atom stereocenters. The highest BCUT2D eigenvalue weighted by Crippen LogP contribution is 2.17. The minimum atomic E-state index is -0.663. The van der Waals surface area contributed by atoms with Gasteiger partial charge >= 0.3 is 0 Å². The number of anilines is 1. The number of aryl methyl sites for hydroxylation is 3. The molecule has 2 heterocycles. The minimum absolute atomic E-state index is 0.214. The Morgan fingerprint density at radius 3 is 2.67 bits per heavy atom. The van der Waals surface area contributed by atoms with Gasteiger partial charge in [-0.05, 0) is 45.4 Å². The molecule has 0 radical (unpaired) electrons. The molecule has 6 heteroatoms. The van der Waals surface area contributed by atoms with Gasteiger partial charge in [-0.25, -0.2) is 4.98 Å². The molecule has 1 aromatic carbocycles. The molecule has 2 aromatic heterocycles. The van der Waals surface area contributed by atoms with E-state index in [0.29, 0.717) is 16.9 Å². The van der Waals surface area contributed by atoms with Gasteiger partial charge in [0.1, 0.15) is 17.5 Å². The van der Waals surface area contributed by atoms with Gasteiger partial charge in [0.15, 0.2) is 0 Å². The van der Waals surface area contributed by atoms with Crippen molar-refractivity contribution in [2.45, 2.75) is 33.7 Å². The topological polar surface area (TPSA) is 79.8 Å². The smallest absolute Gasteiger partial charge is 0.263 e. The van der Waals surface area contributed by atoms with Gasteiger partial charge in [0, 0.05) is 11.4 Å². The van der Waals surface area contributed by atoms with E-state index in [9.17, 15) is 9.59 Å². The summed E-state index contributed by atoms with van der Waals surface area (Å²) in [6, 6.07) is 8.63. The second-order valence-electron chi connectivity index (χ2n) is 6.03. The summed E-state index contributed by atoms with van der Waals surface area (Å²) in [4.78, 5) is 32.8. The molecule has 0 aliphatic heterocycles. The summed E-state index contributed by atoms with van der Waals surface area (Å²) in [6.07, 6.45) is 0. The lowest BCUT2D eigenvalue weighted by atomic mass is 10.2. The number of nitrogens with one attached hydrogen (secondary N) is 2. The van der Waals surface area contributed by atoms with Crippen LogP contribution in [0.4, 0.5) is 5.69 Å². The van der Waals surface area contributed by atoms with E-state index in [-0.39, 0.29) is 11.5 Å². The van der Waals surface area contributed by atoms with E-state index in [4.69, 9.17) is 0 Å². The number of H-pyrrole nitrogens is 1. The Hall–Kier alpha value is -2.89. The number of hydrogen-bond acceptors (Lipinski definition) is 3. The van der Waals surface area contributed by atoms with Gasteiger partial charge in [-0.2, -0.15) is 0 Å². The number of nitrogens with zero attached hydrogens (tertiary/aromatic N) is 2. The third-order valence-electron chi connectivity index (χ3n) is 4.17. The molecule has 0 aliphatic carbocycles. The van der Waals surface area contributed by atoms with E-state index in [2.05, 4.69) is 15.3 Å². The number of amides is 1. The normalized spacial score (nSPS) is 12.3. The molecule has 0 fully saturated rings. The molecule has 6 nitrogen and oxygen atoms in total.